The lowest BCUT2D eigenvalue weighted by molar-refractivity contribution is -0.115. The summed E-state index contributed by atoms with van der Waals surface area (Å²) in [6, 6.07) is 21.8. The van der Waals surface area contributed by atoms with Crippen LogP contribution in [0, 0.1) is 0 Å². The molecule has 1 N–H and O–H groups in total. The quantitative estimate of drug-likeness (QED) is 0.283. The first-order chi connectivity index (χ1) is 17.8. The van der Waals surface area contributed by atoms with Crippen LogP contribution in [0.3, 0.4) is 0 Å². The Balaban J connectivity index is 1.47. The molecular weight excluding hydrogens is 512 g/mol. The number of phenolic OH excluding ortho intramolecular Hbond substituents is 1. The van der Waals surface area contributed by atoms with Crippen molar-refractivity contribution in [3.05, 3.63) is 78.9 Å². The third-order valence-electron chi connectivity index (χ3n) is 5.54. The highest BCUT2D eigenvalue weighted by atomic mass is 32.2. The Hall–Kier alpha value is -3.67. The molecule has 0 aliphatic heterocycles. The summed E-state index contributed by atoms with van der Waals surface area (Å²) in [5.74, 6) is 0.141. The van der Waals surface area contributed by atoms with E-state index in [0.717, 1.165) is 11.8 Å². The number of sulfonamides is 1. The summed E-state index contributed by atoms with van der Waals surface area (Å²) in [7, 11) is -3.56. The average molecular weight is 539 g/mol. The predicted molar refractivity (Wildman–Crippen MR) is 142 cm³/mol. The number of carbonyl (C=O) groups excluding carboxylic acids is 1. The van der Waals surface area contributed by atoms with Crippen LogP contribution in [0.1, 0.15) is 13.8 Å². The molecule has 0 spiro atoms. The standard InChI is InChI=1S/C26H26N4O5S2/c1-3-29(4-2)37(33,34)23-16-10-19(11-17-23)25-27-28-26(35-25)36-18-24(32)30(20-8-6-5-7-9-20)21-12-14-22(31)15-13-21/h5-17,31H,3-4,18H2,1-2H3. The largest absolute Gasteiger partial charge is 0.508 e. The average Bonchev–Trinajstić information content (AvgIpc) is 3.39. The van der Waals surface area contributed by atoms with Crippen molar-refractivity contribution in [2.24, 2.45) is 0 Å². The molecule has 4 rings (SSSR count). The van der Waals surface area contributed by atoms with Crippen molar-refractivity contribution < 1.29 is 22.7 Å². The number of thioether (sulfide) groups is 1. The van der Waals surface area contributed by atoms with Crippen LogP contribution in [0.25, 0.3) is 11.5 Å². The van der Waals surface area contributed by atoms with E-state index in [2.05, 4.69) is 10.2 Å². The number of aromatic hydroxyl groups is 1. The molecule has 0 radical (unpaired) electrons. The summed E-state index contributed by atoms with van der Waals surface area (Å²) in [6.07, 6.45) is 0. The normalized spacial score (nSPS) is 11.5. The van der Waals surface area contributed by atoms with E-state index >= 15 is 0 Å². The molecule has 0 atom stereocenters. The van der Waals surface area contributed by atoms with E-state index in [4.69, 9.17) is 4.42 Å². The lowest BCUT2D eigenvalue weighted by Gasteiger charge is -2.22. The Bertz CT molecular complexity index is 1440. The summed E-state index contributed by atoms with van der Waals surface area (Å²) in [4.78, 5) is 15.0. The van der Waals surface area contributed by atoms with Crippen molar-refractivity contribution in [3.8, 4) is 17.2 Å². The second kappa shape index (κ2) is 11.6. The van der Waals surface area contributed by atoms with Gasteiger partial charge < -0.3 is 9.52 Å². The molecule has 1 amide bonds. The monoisotopic (exact) mass is 538 g/mol. The highest BCUT2D eigenvalue weighted by Crippen LogP contribution is 2.30. The van der Waals surface area contributed by atoms with Gasteiger partial charge in [-0.1, -0.05) is 43.8 Å². The van der Waals surface area contributed by atoms with Crippen LogP contribution < -0.4 is 4.90 Å². The van der Waals surface area contributed by atoms with Crippen molar-refractivity contribution in [1.29, 1.82) is 0 Å². The zero-order valence-corrected chi connectivity index (χ0v) is 21.9. The summed E-state index contributed by atoms with van der Waals surface area (Å²) in [6.45, 7) is 4.36. The molecule has 0 aliphatic carbocycles. The predicted octanol–water partition coefficient (Wildman–Crippen LogP) is 4.93. The van der Waals surface area contributed by atoms with Gasteiger partial charge in [-0.15, -0.1) is 10.2 Å². The molecule has 0 bridgehead atoms. The number of rotatable bonds is 10. The van der Waals surface area contributed by atoms with Gasteiger partial charge in [0.15, 0.2) is 0 Å². The van der Waals surface area contributed by atoms with Gasteiger partial charge in [0.1, 0.15) is 5.75 Å². The number of para-hydroxylation sites is 1. The van der Waals surface area contributed by atoms with Crippen LogP contribution in [0.4, 0.5) is 11.4 Å². The molecule has 3 aromatic carbocycles. The fourth-order valence-electron chi connectivity index (χ4n) is 3.67. The number of amides is 1. The number of aromatic nitrogens is 2. The topological polar surface area (TPSA) is 117 Å². The van der Waals surface area contributed by atoms with Gasteiger partial charge in [0.2, 0.25) is 21.8 Å². The Morgan fingerprint density at radius 1 is 0.892 bits per heavy atom. The molecule has 0 saturated heterocycles. The second-order valence-electron chi connectivity index (χ2n) is 7.86. The number of anilines is 2. The van der Waals surface area contributed by atoms with E-state index < -0.39 is 10.0 Å². The maximum Gasteiger partial charge on any atom is 0.277 e. The summed E-state index contributed by atoms with van der Waals surface area (Å²) in [5.41, 5.74) is 1.87. The van der Waals surface area contributed by atoms with Gasteiger partial charge in [0, 0.05) is 30.0 Å². The smallest absolute Gasteiger partial charge is 0.277 e. The molecule has 1 heterocycles. The summed E-state index contributed by atoms with van der Waals surface area (Å²) < 4.78 is 32.5. The second-order valence-corrected chi connectivity index (χ2v) is 10.7. The lowest BCUT2D eigenvalue weighted by Crippen LogP contribution is -2.30. The third-order valence-corrected chi connectivity index (χ3v) is 8.41. The number of benzene rings is 3. The highest BCUT2D eigenvalue weighted by Gasteiger charge is 2.22. The molecule has 0 saturated carbocycles. The van der Waals surface area contributed by atoms with Crippen molar-refractivity contribution in [1.82, 2.24) is 14.5 Å². The molecule has 9 nitrogen and oxygen atoms in total. The SMILES string of the molecule is CCN(CC)S(=O)(=O)c1ccc(-c2nnc(SCC(=O)N(c3ccccc3)c3ccc(O)cc3)o2)cc1. The molecule has 0 aliphatic rings. The van der Waals surface area contributed by atoms with E-state index in [1.807, 2.05) is 30.3 Å². The Labute approximate surface area is 219 Å². The van der Waals surface area contributed by atoms with Gasteiger partial charge in [-0.3, -0.25) is 9.69 Å². The minimum atomic E-state index is -3.56. The molecular formula is C26H26N4O5S2. The Kier molecular flexibility index (Phi) is 8.27. The zero-order valence-electron chi connectivity index (χ0n) is 20.3. The molecule has 4 aromatic rings. The molecule has 0 unspecified atom stereocenters. The van der Waals surface area contributed by atoms with Gasteiger partial charge in [-0.2, -0.15) is 4.31 Å². The minimum Gasteiger partial charge on any atom is -0.508 e. The van der Waals surface area contributed by atoms with E-state index in [1.54, 1.807) is 43.0 Å². The van der Waals surface area contributed by atoms with Crippen LogP contribution in [-0.4, -0.2) is 52.8 Å². The van der Waals surface area contributed by atoms with Crippen molar-refractivity contribution in [2.75, 3.05) is 23.7 Å². The zero-order chi connectivity index (χ0) is 26.4. The molecule has 192 valence electrons. The Morgan fingerprint density at radius 2 is 1.51 bits per heavy atom. The van der Waals surface area contributed by atoms with Crippen molar-refractivity contribution in [2.45, 2.75) is 24.0 Å². The van der Waals surface area contributed by atoms with Gasteiger partial charge in [0.25, 0.3) is 5.22 Å². The van der Waals surface area contributed by atoms with Gasteiger partial charge in [-0.25, -0.2) is 8.42 Å². The number of hydrogen-bond donors (Lipinski definition) is 1. The molecule has 11 heteroatoms. The van der Waals surface area contributed by atoms with Gasteiger partial charge in [0.05, 0.1) is 10.6 Å². The Morgan fingerprint density at radius 3 is 2.14 bits per heavy atom. The van der Waals surface area contributed by atoms with Gasteiger partial charge >= 0.3 is 0 Å². The fraction of sp³-hybridized carbons (Fsp3) is 0.192. The first kappa shape index (κ1) is 26.4. The van der Waals surface area contributed by atoms with Crippen LogP contribution in [-0.2, 0) is 14.8 Å². The van der Waals surface area contributed by atoms with E-state index in [1.165, 1.54) is 28.6 Å². The molecule has 37 heavy (non-hydrogen) atoms. The van der Waals surface area contributed by atoms with Crippen LogP contribution in [0.2, 0.25) is 0 Å². The van der Waals surface area contributed by atoms with E-state index in [-0.39, 0.29) is 33.4 Å². The van der Waals surface area contributed by atoms with E-state index in [0.29, 0.717) is 30.0 Å². The van der Waals surface area contributed by atoms with Crippen molar-refractivity contribution >= 4 is 39.1 Å². The first-order valence-electron chi connectivity index (χ1n) is 11.6. The first-order valence-corrected chi connectivity index (χ1v) is 14.0. The third kappa shape index (κ3) is 6.01. The van der Waals surface area contributed by atoms with Crippen LogP contribution in [0.15, 0.2) is 93.4 Å². The van der Waals surface area contributed by atoms with Gasteiger partial charge in [-0.05, 0) is 60.7 Å². The van der Waals surface area contributed by atoms with Crippen molar-refractivity contribution in [3.63, 3.8) is 0 Å². The number of carbonyl (C=O) groups is 1. The number of hydrogen-bond acceptors (Lipinski definition) is 8. The molecule has 0 fully saturated rings. The maximum atomic E-state index is 13.2. The number of nitrogens with zero attached hydrogens (tertiary/aromatic N) is 4. The number of phenols is 1. The lowest BCUT2D eigenvalue weighted by atomic mass is 10.2. The fourth-order valence-corrected chi connectivity index (χ4v) is 5.74. The summed E-state index contributed by atoms with van der Waals surface area (Å²) >= 11 is 1.10. The maximum absolute atomic E-state index is 13.2. The van der Waals surface area contributed by atoms with Crippen LogP contribution in [0.5, 0.6) is 5.75 Å². The summed E-state index contributed by atoms with van der Waals surface area (Å²) in [5, 5.41) is 17.9. The minimum absolute atomic E-state index is 0.0262. The molecule has 1 aromatic heterocycles. The van der Waals surface area contributed by atoms with E-state index in [9.17, 15) is 18.3 Å². The van der Waals surface area contributed by atoms with Crippen LogP contribution >= 0.6 is 11.8 Å². The highest BCUT2D eigenvalue weighted by molar-refractivity contribution is 7.99.